The second-order valence-corrected chi connectivity index (χ2v) is 19.2. The average molecular weight is 893 g/mol. The van der Waals surface area contributed by atoms with Crippen LogP contribution >= 0.6 is 0 Å². The Balaban J connectivity index is 1.55. The van der Waals surface area contributed by atoms with Crippen molar-refractivity contribution in [1.82, 2.24) is 30.2 Å². The number of hydrogen-bond acceptors (Lipinski definition) is 10. The minimum atomic E-state index is -1.30. The highest BCUT2D eigenvalue weighted by Gasteiger charge is 2.47. The summed E-state index contributed by atoms with van der Waals surface area (Å²) in [5, 5.41) is 6.07. The molecule has 354 valence electrons. The lowest BCUT2D eigenvalue weighted by molar-refractivity contribution is -0.172. The molecular weight excluding hydrogens is 821 g/mol. The van der Waals surface area contributed by atoms with Gasteiger partial charge in [-0.15, -0.1) is 0 Å². The van der Waals surface area contributed by atoms with E-state index in [-0.39, 0.29) is 37.9 Å². The molecule has 6 amide bonds. The van der Waals surface area contributed by atoms with Crippen molar-refractivity contribution in [2.45, 2.75) is 162 Å². The Bertz CT molecular complexity index is 1880. The molecule has 5 rings (SSSR count). The Kier molecular flexibility index (Phi) is 17.0. The zero-order valence-electron chi connectivity index (χ0n) is 39.5. The SMILES string of the molecule is CC[C@@H](C)[C@@H]1C(=O)N2CCC[C@H]2C(=O)N[C@H]([C@H](C)Cc2ccccc2)C(=O)N2CCC[C@H]2C(=O)N[C@@H](C(C)C)[C@H](C)C(=O)O[C@H](C)C(=O)N2CCC[C@H]2C(=O)O[C@H](C(C)C)C(=O)N1C. The van der Waals surface area contributed by atoms with Gasteiger partial charge in [0, 0.05) is 32.7 Å². The third-order valence-corrected chi connectivity index (χ3v) is 13.9. The van der Waals surface area contributed by atoms with Gasteiger partial charge in [-0.3, -0.25) is 33.6 Å². The lowest BCUT2D eigenvalue weighted by atomic mass is 9.91. The van der Waals surface area contributed by atoms with Crippen LogP contribution in [0.4, 0.5) is 0 Å². The first-order valence-corrected chi connectivity index (χ1v) is 23.5. The van der Waals surface area contributed by atoms with Gasteiger partial charge in [-0.1, -0.05) is 85.2 Å². The minimum Gasteiger partial charge on any atom is -0.452 e. The van der Waals surface area contributed by atoms with Crippen molar-refractivity contribution < 1.29 is 47.8 Å². The van der Waals surface area contributed by atoms with Crippen LogP contribution in [0.1, 0.15) is 113 Å². The fraction of sp³-hybridized carbons (Fsp3) is 0.708. The lowest BCUT2D eigenvalue weighted by Gasteiger charge is -2.38. The van der Waals surface area contributed by atoms with Crippen LogP contribution in [0.25, 0.3) is 0 Å². The summed E-state index contributed by atoms with van der Waals surface area (Å²) in [4.78, 5) is 120. The molecule has 4 fully saturated rings. The highest BCUT2D eigenvalue weighted by molar-refractivity contribution is 5.97. The van der Waals surface area contributed by atoms with E-state index in [1.54, 1.807) is 20.8 Å². The number of fused-ring (bicyclic) bond motifs is 3. The summed E-state index contributed by atoms with van der Waals surface area (Å²) in [5.41, 5.74) is 0.956. The number of nitrogens with zero attached hydrogens (tertiary/aromatic N) is 4. The lowest BCUT2D eigenvalue weighted by Crippen LogP contribution is -2.61. The molecule has 0 aromatic heterocycles. The zero-order chi connectivity index (χ0) is 47.2. The van der Waals surface area contributed by atoms with Crippen LogP contribution in [0, 0.1) is 29.6 Å². The molecule has 0 bridgehead atoms. The zero-order valence-corrected chi connectivity index (χ0v) is 39.5. The van der Waals surface area contributed by atoms with Crippen molar-refractivity contribution >= 4 is 47.4 Å². The first-order chi connectivity index (χ1) is 30.3. The normalized spacial score (nSPS) is 30.8. The number of nitrogens with one attached hydrogen (secondary N) is 2. The monoisotopic (exact) mass is 893 g/mol. The molecule has 1 aromatic rings. The molecule has 0 spiro atoms. The summed E-state index contributed by atoms with van der Waals surface area (Å²) in [6.45, 7) is 16.6. The van der Waals surface area contributed by atoms with Crippen molar-refractivity contribution in [2.75, 3.05) is 26.7 Å². The summed E-state index contributed by atoms with van der Waals surface area (Å²) in [6.07, 6.45) is 0.895. The number of carbonyl (C=O) groups is 8. The van der Waals surface area contributed by atoms with Crippen LogP contribution in [-0.2, 0) is 54.3 Å². The maximum atomic E-state index is 14.8. The van der Waals surface area contributed by atoms with Crippen molar-refractivity contribution in [2.24, 2.45) is 29.6 Å². The van der Waals surface area contributed by atoms with Crippen LogP contribution in [-0.4, -0.2) is 142 Å². The summed E-state index contributed by atoms with van der Waals surface area (Å²) >= 11 is 0. The molecule has 0 aliphatic carbocycles. The second kappa shape index (κ2) is 21.8. The van der Waals surface area contributed by atoms with Gasteiger partial charge >= 0.3 is 11.9 Å². The van der Waals surface area contributed by atoms with Gasteiger partial charge in [0.15, 0.2) is 12.2 Å². The van der Waals surface area contributed by atoms with E-state index in [1.165, 1.54) is 33.6 Å². The van der Waals surface area contributed by atoms with E-state index >= 15 is 0 Å². The van der Waals surface area contributed by atoms with Crippen LogP contribution in [0.2, 0.25) is 0 Å². The van der Waals surface area contributed by atoms with Crippen LogP contribution in [0.5, 0.6) is 0 Å². The van der Waals surface area contributed by atoms with Gasteiger partial charge in [0.2, 0.25) is 23.6 Å². The summed E-state index contributed by atoms with van der Waals surface area (Å²) < 4.78 is 11.7. The van der Waals surface area contributed by atoms with E-state index < -0.39 is 114 Å². The van der Waals surface area contributed by atoms with E-state index in [1.807, 2.05) is 65.0 Å². The van der Waals surface area contributed by atoms with Crippen molar-refractivity contribution in [1.29, 1.82) is 0 Å². The predicted molar refractivity (Wildman–Crippen MR) is 238 cm³/mol. The van der Waals surface area contributed by atoms with E-state index in [0.29, 0.717) is 44.9 Å². The fourth-order valence-electron chi connectivity index (χ4n) is 9.90. The quantitative estimate of drug-likeness (QED) is 0.384. The number of benzene rings is 1. The van der Waals surface area contributed by atoms with Gasteiger partial charge < -0.3 is 39.7 Å². The smallest absolute Gasteiger partial charge is 0.329 e. The number of rotatable bonds is 7. The topological polar surface area (TPSA) is 192 Å². The first kappa shape index (κ1) is 50.0. The molecule has 64 heavy (non-hydrogen) atoms. The second-order valence-electron chi connectivity index (χ2n) is 19.2. The number of likely N-dealkylation sites (N-methyl/N-ethyl adjacent to an activating group) is 1. The highest BCUT2D eigenvalue weighted by Crippen LogP contribution is 2.29. The maximum Gasteiger partial charge on any atom is 0.329 e. The molecule has 0 radical (unpaired) electrons. The number of amides is 6. The molecule has 4 aliphatic rings. The fourth-order valence-corrected chi connectivity index (χ4v) is 9.90. The summed E-state index contributed by atoms with van der Waals surface area (Å²) in [7, 11) is 1.51. The molecule has 1 aromatic carbocycles. The van der Waals surface area contributed by atoms with Crippen molar-refractivity contribution in [3.8, 4) is 0 Å². The van der Waals surface area contributed by atoms with Gasteiger partial charge in [-0.25, -0.2) is 4.79 Å². The molecular formula is C48H72N6O10. The Labute approximate surface area is 378 Å². The predicted octanol–water partition coefficient (Wildman–Crippen LogP) is 3.49. The van der Waals surface area contributed by atoms with Crippen molar-refractivity contribution in [3.63, 3.8) is 0 Å². The number of carbonyl (C=O) groups excluding carboxylic acids is 8. The largest absolute Gasteiger partial charge is 0.452 e. The van der Waals surface area contributed by atoms with Crippen LogP contribution < -0.4 is 10.6 Å². The van der Waals surface area contributed by atoms with Gasteiger partial charge in [-0.05, 0) is 88.0 Å². The van der Waals surface area contributed by atoms with E-state index in [9.17, 15) is 38.4 Å². The standard InChI is InChI=1S/C48H72N6O10/c1-11-29(6)39-45(59)53-24-16-21-35(53)42(56)50-38(30(7)26-33-18-13-12-14-19-33)44(58)52-23-15-20-34(52)41(55)49-37(27(2)3)31(8)47(61)63-32(9)43(57)54-25-17-22-36(54)48(62)64-40(28(4)5)46(60)51(39)10/h12-14,18-19,27-32,34-40H,11,15-17,20-26H2,1-10H3,(H,49,55)(H,50,56)/t29-,30-,31+,32-,34+,35+,36+,37+,38-,39-,40-/m1/s1. The van der Waals surface area contributed by atoms with Crippen molar-refractivity contribution in [3.05, 3.63) is 35.9 Å². The summed E-state index contributed by atoms with van der Waals surface area (Å²) in [6, 6.07) is 3.94. The van der Waals surface area contributed by atoms with Crippen LogP contribution in [0.15, 0.2) is 30.3 Å². The molecule has 0 unspecified atom stereocenters. The molecule has 4 saturated heterocycles. The number of hydrogen-bond donors (Lipinski definition) is 2. The molecule has 2 N–H and O–H groups in total. The molecule has 0 saturated carbocycles. The Morgan fingerprint density at radius 1 is 0.625 bits per heavy atom. The molecule has 4 heterocycles. The Hall–Kier alpha value is -5.02. The van der Waals surface area contributed by atoms with E-state index in [4.69, 9.17) is 9.47 Å². The molecule has 4 aliphatic heterocycles. The molecule has 11 atom stereocenters. The van der Waals surface area contributed by atoms with E-state index in [2.05, 4.69) is 10.6 Å². The number of ether oxygens (including phenoxy) is 2. The highest BCUT2D eigenvalue weighted by atomic mass is 16.6. The van der Waals surface area contributed by atoms with E-state index in [0.717, 1.165) is 5.56 Å². The van der Waals surface area contributed by atoms with Gasteiger partial charge in [0.25, 0.3) is 11.8 Å². The third kappa shape index (κ3) is 11.1. The molecule has 16 heteroatoms. The first-order valence-electron chi connectivity index (χ1n) is 23.5. The van der Waals surface area contributed by atoms with Gasteiger partial charge in [-0.2, -0.15) is 0 Å². The van der Waals surface area contributed by atoms with Gasteiger partial charge in [0.05, 0.1) is 5.92 Å². The Morgan fingerprint density at radius 3 is 1.70 bits per heavy atom. The minimum absolute atomic E-state index is 0.207. The van der Waals surface area contributed by atoms with Crippen LogP contribution in [0.3, 0.4) is 0 Å². The molecule has 16 nitrogen and oxygen atoms in total. The number of cyclic esters (lactones) is 2. The Morgan fingerprint density at radius 2 is 1.16 bits per heavy atom. The number of esters is 2. The average Bonchev–Trinajstić information content (AvgIpc) is 4.07. The maximum absolute atomic E-state index is 14.8. The van der Waals surface area contributed by atoms with Gasteiger partial charge in [0.1, 0.15) is 30.2 Å². The third-order valence-electron chi connectivity index (χ3n) is 13.9. The summed E-state index contributed by atoms with van der Waals surface area (Å²) in [5.74, 6) is -6.94.